The summed E-state index contributed by atoms with van der Waals surface area (Å²) in [6, 6.07) is 9.16. The smallest absolute Gasteiger partial charge is 0.0887 e. The van der Waals surface area contributed by atoms with Gasteiger partial charge in [0.2, 0.25) is 0 Å². The standard InChI is InChI=1S/C18H31B/c1-3-5-7-8-9-12-16(11-6-4-2)17-13-10-14-18(19)15-17/h10,13-16H,3-9,11-12,19H2,1-2H3. The minimum absolute atomic E-state index is 0.793. The second-order valence-electron chi connectivity index (χ2n) is 5.96. The summed E-state index contributed by atoms with van der Waals surface area (Å²) in [5, 5.41) is 0. The summed E-state index contributed by atoms with van der Waals surface area (Å²) in [6.07, 6.45) is 12.4. The Labute approximate surface area is 121 Å². The third kappa shape index (κ3) is 6.85. The van der Waals surface area contributed by atoms with E-state index in [2.05, 4.69) is 46.0 Å². The van der Waals surface area contributed by atoms with Crippen molar-refractivity contribution in [1.82, 2.24) is 0 Å². The Morgan fingerprint density at radius 3 is 2.26 bits per heavy atom. The Morgan fingerprint density at radius 1 is 0.895 bits per heavy atom. The van der Waals surface area contributed by atoms with Gasteiger partial charge in [0.15, 0.2) is 0 Å². The highest BCUT2D eigenvalue weighted by atomic mass is 14.2. The van der Waals surface area contributed by atoms with E-state index >= 15 is 0 Å². The topological polar surface area (TPSA) is 0 Å². The third-order valence-electron chi connectivity index (χ3n) is 4.08. The Kier molecular flexibility index (Phi) is 8.70. The SMILES string of the molecule is Bc1cccc(C(CCCC)CCCCCCC)c1. The van der Waals surface area contributed by atoms with Crippen LogP contribution in [0.3, 0.4) is 0 Å². The predicted molar refractivity (Wildman–Crippen MR) is 90.3 cm³/mol. The quantitative estimate of drug-likeness (QED) is 0.425. The highest BCUT2D eigenvalue weighted by Gasteiger charge is 2.10. The lowest BCUT2D eigenvalue weighted by Gasteiger charge is -2.18. The van der Waals surface area contributed by atoms with Crippen molar-refractivity contribution in [3.8, 4) is 0 Å². The van der Waals surface area contributed by atoms with E-state index in [0.717, 1.165) is 5.92 Å². The zero-order valence-electron chi connectivity index (χ0n) is 13.3. The normalized spacial score (nSPS) is 12.5. The van der Waals surface area contributed by atoms with E-state index in [0.29, 0.717) is 0 Å². The first-order chi connectivity index (χ1) is 9.27. The van der Waals surface area contributed by atoms with Crippen molar-refractivity contribution in [3.05, 3.63) is 29.8 Å². The molecular formula is C18H31B. The van der Waals surface area contributed by atoms with Crippen LogP contribution in [-0.2, 0) is 0 Å². The molecule has 1 aromatic carbocycles. The molecule has 19 heavy (non-hydrogen) atoms. The van der Waals surface area contributed by atoms with E-state index in [1.54, 1.807) is 5.56 Å². The van der Waals surface area contributed by atoms with Crippen LogP contribution < -0.4 is 5.46 Å². The molecule has 0 spiro atoms. The van der Waals surface area contributed by atoms with Crippen LogP contribution >= 0.6 is 0 Å². The third-order valence-corrected chi connectivity index (χ3v) is 4.08. The Balaban J connectivity index is 2.47. The number of rotatable bonds is 10. The fraction of sp³-hybridized carbons (Fsp3) is 0.667. The Morgan fingerprint density at radius 2 is 1.58 bits per heavy atom. The van der Waals surface area contributed by atoms with Crippen LogP contribution in [0.1, 0.15) is 83.1 Å². The number of hydrogen-bond acceptors (Lipinski definition) is 0. The predicted octanol–water partition coefficient (Wildman–Crippen LogP) is 4.58. The van der Waals surface area contributed by atoms with Crippen molar-refractivity contribution in [1.29, 1.82) is 0 Å². The molecule has 1 heteroatoms. The monoisotopic (exact) mass is 258 g/mol. The molecule has 0 bridgehead atoms. The molecule has 1 aromatic rings. The van der Waals surface area contributed by atoms with Crippen LogP contribution in [0.25, 0.3) is 0 Å². The molecule has 1 rings (SSSR count). The number of hydrogen-bond donors (Lipinski definition) is 0. The summed E-state index contributed by atoms with van der Waals surface area (Å²) in [5.41, 5.74) is 2.98. The molecular weight excluding hydrogens is 227 g/mol. The Hall–Kier alpha value is -0.715. The molecule has 0 amide bonds. The maximum absolute atomic E-state index is 2.40. The fourth-order valence-corrected chi connectivity index (χ4v) is 2.85. The van der Waals surface area contributed by atoms with Gasteiger partial charge in [-0.2, -0.15) is 0 Å². The molecule has 0 saturated heterocycles. The molecule has 1 unspecified atom stereocenters. The van der Waals surface area contributed by atoms with Crippen molar-refractivity contribution in [2.45, 2.75) is 77.6 Å². The molecule has 0 N–H and O–H groups in total. The van der Waals surface area contributed by atoms with E-state index in [4.69, 9.17) is 0 Å². The lowest BCUT2D eigenvalue weighted by Crippen LogP contribution is -2.06. The molecule has 0 heterocycles. The molecule has 0 radical (unpaired) electrons. The molecule has 0 fully saturated rings. The summed E-state index contributed by atoms with van der Waals surface area (Å²) in [6.45, 7) is 4.59. The molecule has 0 saturated carbocycles. The molecule has 0 aliphatic heterocycles. The van der Waals surface area contributed by atoms with Gasteiger partial charge in [0.25, 0.3) is 0 Å². The Bertz CT molecular complexity index is 332. The van der Waals surface area contributed by atoms with Crippen LogP contribution in [0.2, 0.25) is 0 Å². The summed E-state index contributed by atoms with van der Waals surface area (Å²) < 4.78 is 0. The van der Waals surface area contributed by atoms with Gasteiger partial charge in [-0.05, 0) is 24.3 Å². The number of benzene rings is 1. The van der Waals surface area contributed by atoms with Gasteiger partial charge < -0.3 is 0 Å². The van der Waals surface area contributed by atoms with Gasteiger partial charge in [-0.3, -0.25) is 0 Å². The average Bonchev–Trinajstić information content (AvgIpc) is 2.42. The number of unbranched alkanes of at least 4 members (excludes halogenated alkanes) is 5. The van der Waals surface area contributed by atoms with Crippen molar-refractivity contribution in [2.24, 2.45) is 0 Å². The van der Waals surface area contributed by atoms with Crippen molar-refractivity contribution >= 4 is 13.3 Å². The van der Waals surface area contributed by atoms with Crippen molar-refractivity contribution in [3.63, 3.8) is 0 Å². The summed E-state index contributed by atoms with van der Waals surface area (Å²) >= 11 is 0. The van der Waals surface area contributed by atoms with Crippen LogP contribution in [0.15, 0.2) is 24.3 Å². The van der Waals surface area contributed by atoms with Crippen LogP contribution in [0.5, 0.6) is 0 Å². The van der Waals surface area contributed by atoms with Crippen molar-refractivity contribution < 1.29 is 0 Å². The fourth-order valence-electron chi connectivity index (χ4n) is 2.85. The van der Waals surface area contributed by atoms with Gasteiger partial charge in [-0.1, -0.05) is 88.5 Å². The highest BCUT2D eigenvalue weighted by molar-refractivity contribution is 6.32. The lowest BCUT2D eigenvalue weighted by molar-refractivity contribution is 0.505. The van der Waals surface area contributed by atoms with E-state index in [1.165, 1.54) is 63.3 Å². The summed E-state index contributed by atoms with van der Waals surface area (Å²) in [4.78, 5) is 0. The lowest BCUT2D eigenvalue weighted by atomic mass is 9.85. The molecule has 0 aromatic heterocycles. The average molecular weight is 258 g/mol. The van der Waals surface area contributed by atoms with Gasteiger partial charge in [0, 0.05) is 0 Å². The van der Waals surface area contributed by atoms with Gasteiger partial charge in [0.1, 0.15) is 7.85 Å². The first-order valence-corrected chi connectivity index (χ1v) is 8.34. The second-order valence-corrected chi connectivity index (χ2v) is 5.96. The largest absolute Gasteiger partial charge is 0.139 e. The first kappa shape index (κ1) is 16.3. The van der Waals surface area contributed by atoms with Gasteiger partial charge in [0.05, 0.1) is 0 Å². The molecule has 1 atom stereocenters. The zero-order chi connectivity index (χ0) is 13.9. The maximum Gasteiger partial charge on any atom is 0.139 e. The van der Waals surface area contributed by atoms with Crippen LogP contribution in [-0.4, -0.2) is 7.85 Å². The van der Waals surface area contributed by atoms with Gasteiger partial charge in [-0.15, -0.1) is 0 Å². The minimum atomic E-state index is 0.793. The molecule has 0 aliphatic rings. The maximum atomic E-state index is 2.40. The van der Waals surface area contributed by atoms with E-state index in [9.17, 15) is 0 Å². The first-order valence-electron chi connectivity index (χ1n) is 8.34. The molecule has 106 valence electrons. The van der Waals surface area contributed by atoms with E-state index in [-0.39, 0.29) is 0 Å². The minimum Gasteiger partial charge on any atom is -0.0887 e. The van der Waals surface area contributed by atoms with Crippen LogP contribution in [0.4, 0.5) is 0 Å². The van der Waals surface area contributed by atoms with Gasteiger partial charge in [-0.25, -0.2) is 0 Å². The van der Waals surface area contributed by atoms with Crippen LogP contribution in [0, 0.1) is 0 Å². The zero-order valence-corrected chi connectivity index (χ0v) is 13.3. The van der Waals surface area contributed by atoms with E-state index < -0.39 is 0 Å². The van der Waals surface area contributed by atoms with E-state index in [1.807, 2.05) is 0 Å². The molecule has 0 nitrogen and oxygen atoms in total. The molecule has 0 aliphatic carbocycles. The highest BCUT2D eigenvalue weighted by Crippen LogP contribution is 2.27. The van der Waals surface area contributed by atoms with Gasteiger partial charge >= 0.3 is 0 Å². The summed E-state index contributed by atoms with van der Waals surface area (Å²) in [5.74, 6) is 0.793. The second kappa shape index (κ2) is 10.1. The summed E-state index contributed by atoms with van der Waals surface area (Å²) in [7, 11) is 2.21. The van der Waals surface area contributed by atoms with Crippen molar-refractivity contribution in [2.75, 3.05) is 0 Å².